The molecule has 0 aliphatic heterocycles. The number of hydrogen-bond donors (Lipinski definition) is 2. The number of aromatic amines is 1. The van der Waals surface area contributed by atoms with E-state index in [2.05, 4.69) is 9.97 Å². The van der Waals surface area contributed by atoms with Gasteiger partial charge in [0.25, 0.3) is 0 Å². The molecule has 0 aliphatic rings. The summed E-state index contributed by atoms with van der Waals surface area (Å²) in [6, 6.07) is 13.3. The maximum absolute atomic E-state index is 11.3. The lowest BCUT2D eigenvalue weighted by atomic mass is 10.3. The molecule has 5 heteroatoms. The molecule has 0 radical (unpaired) electrons. The van der Waals surface area contributed by atoms with Crippen LogP contribution in [0.3, 0.4) is 0 Å². The van der Waals surface area contributed by atoms with E-state index in [-0.39, 0.29) is 5.69 Å². The van der Waals surface area contributed by atoms with Crippen LogP contribution in [0.15, 0.2) is 58.5 Å². The van der Waals surface area contributed by atoms with Crippen molar-refractivity contribution in [3.05, 3.63) is 54.4 Å². The smallest absolute Gasteiger partial charge is 0.353 e. The number of aromatic nitrogens is 2. The van der Waals surface area contributed by atoms with Gasteiger partial charge in [0.2, 0.25) is 0 Å². The average Bonchev–Trinajstić information content (AvgIpc) is 2.79. The minimum Gasteiger partial charge on any atom is -0.477 e. The van der Waals surface area contributed by atoms with Crippen molar-refractivity contribution in [3.8, 4) is 0 Å². The van der Waals surface area contributed by atoms with Crippen LogP contribution in [0.25, 0.3) is 11.0 Å². The predicted molar refractivity (Wildman–Crippen MR) is 73.6 cm³/mol. The highest BCUT2D eigenvalue weighted by Gasteiger charge is 2.18. The highest BCUT2D eigenvalue weighted by Crippen LogP contribution is 2.35. The van der Waals surface area contributed by atoms with Crippen molar-refractivity contribution in [3.63, 3.8) is 0 Å². The molecule has 0 bridgehead atoms. The molecule has 3 rings (SSSR count). The third kappa shape index (κ3) is 2.20. The Kier molecular flexibility index (Phi) is 2.97. The summed E-state index contributed by atoms with van der Waals surface area (Å²) >= 11 is 1.40. The van der Waals surface area contributed by atoms with Crippen LogP contribution in [0.1, 0.15) is 10.5 Å². The van der Waals surface area contributed by atoms with E-state index < -0.39 is 5.97 Å². The number of rotatable bonds is 3. The van der Waals surface area contributed by atoms with E-state index in [4.69, 9.17) is 0 Å². The lowest BCUT2D eigenvalue weighted by molar-refractivity contribution is 0.0688. The second kappa shape index (κ2) is 4.78. The van der Waals surface area contributed by atoms with Crippen molar-refractivity contribution in [1.82, 2.24) is 9.97 Å². The number of benzene rings is 1. The average molecular weight is 270 g/mol. The van der Waals surface area contributed by atoms with Gasteiger partial charge in [-0.3, -0.25) is 4.98 Å². The van der Waals surface area contributed by atoms with Gasteiger partial charge in [-0.25, -0.2) is 4.79 Å². The van der Waals surface area contributed by atoms with E-state index in [0.717, 1.165) is 10.4 Å². The summed E-state index contributed by atoms with van der Waals surface area (Å²) in [5.74, 6) is -0.976. The van der Waals surface area contributed by atoms with Crippen molar-refractivity contribution in [2.45, 2.75) is 9.79 Å². The lowest BCUT2D eigenvalue weighted by Gasteiger charge is -2.01. The lowest BCUT2D eigenvalue weighted by Crippen LogP contribution is -1.97. The minimum absolute atomic E-state index is 0.183. The van der Waals surface area contributed by atoms with Gasteiger partial charge < -0.3 is 10.1 Å². The quantitative estimate of drug-likeness (QED) is 0.765. The molecule has 0 atom stereocenters. The van der Waals surface area contributed by atoms with Gasteiger partial charge in [0.05, 0.1) is 10.4 Å². The van der Waals surface area contributed by atoms with Gasteiger partial charge in [-0.1, -0.05) is 30.0 Å². The number of nitrogens with one attached hydrogen (secondary N) is 1. The number of pyridine rings is 1. The van der Waals surface area contributed by atoms with Gasteiger partial charge in [-0.2, -0.15) is 0 Å². The molecule has 19 heavy (non-hydrogen) atoms. The van der Waals surface area contributed by atoms with Crippen molar-refractivity contribution >= 4 is 28.8 Å². The Morgan fingerprint density at radius 1 is 1.16 bits per heavy atom. The summed E-state index contributed by atoms with van der Waals surface area (Å²) in [4.78, 5) is 20.1. The van der Waals surface area contributed by atoms with E-state index >= 15 is 0 Å². The largest absolute Gasteiger partial charge is 0.477 e. The van der Waals surface area contributed by atoms with Crippen LogP contribution >= 0.6 is 11.8 Å². The minimum atomic E-state index is -0.976. The zero-order valence-electron chi connectivity index (χ0n) is 9.83. The van der Waals surface area contributed by atoms with Gasteiger partial charge in [-0.15, -0.1) is 0 Å². The standard InChI is InChI=1S/C14H10N2O2S/c17-14(18)12-13(19-9-5-2-1-3-6-9)11-10(16-12)7-4-8-15-11/h1-8,16H,(H,17,18). The molecule has 0 amide bonds. The summed E-state index contributed by atoms with van der Waals surface area (Å²) in [5, 5.41) is 9.27. The molecule has 2 aromatic heterocycles. The topological polar surface area (TPSA) is 66.0 Å². The van der Waals surface area contributed by atoms with Crippen LogP contribution in [-0.2, 0) is 0 Å². The highest BCUT2D eigenvalue weighted by molar-refractivity contribution is 7.99. The molecular formula is C14H10N2O2S. The molecule has 0 unspecified atom stereocenters. The molecular weight excluding hydrogens is 260 g/mol. The van der Waals surface area contributed by atoms with E-state index in [1.807, 2.05) is 36.4 Å². The first-order valence-electron chi connectivity index (χ1n) is 5.68. The van der Waals surface area contributed by atoms with Crippen molar-refractivity contribution in [1.29, 1.82) is 0 Å². The van der Waals surface area contributed by atoms with E-state index in [9.17, 15) is 9.90 Å². The summed E-state index contributed by atoms with van der Waals surface area (Å²) in [6.45, 7) is 0. The monoisotopic (exact) mass is 270 g/mol. The fourth-order valence-electron chi connectivity index (χ4n) is 1.85. The molecule has 1 aromatic carbocycles. The number of nitrogens with zero attached hydrogens (tertiary/aromatic N) is 1. The summed E-state index contributed by atoms with van der Waals surface area (Å²) in [6.07, 6.45) is 1.66. The van der Waals surface area contributed by atoms with Gasteiger partial charge in [0, 0.05) is 11.1 Å². The van der Waals surface area contributed by atoms with E-state index in [1.165, 1.54) is 11.8 Å². The number of carboxylic acid groups (broad SMARTS) is 1. The number of H-pyrrole nitrogens is 1. The third-order valence-corrected chi connectivity index (χ3v) is 3.80. The van der Waals surface area contributed by atoms with Gasteiger partial charge in [-0.05, 0) is 24.3 Å². The van der Waals surface area contributed by atoms with Crippen LogP contribution in [0.2, 0.25) is 0 Å². The summed E-state index contributed by atoms with van der Waals surface area (Å²) < 4.78 is 0. The molecule has 2 N–H and O–H groups in total. The van der Waals surface area contributed by atoms with Crippen molar-refractivity contribution in [2.24, 2.45) is 0 Å². The molecule has 2 heterocycles. The first kappa shape index (κ1) is 11.8. The number of fused-ring (bicyclic) bond motifs is 1. The van der Waals surface area contributed by atoms with Crippen LogP contribution in [0.5, 0.6) is 0 Å². The Morgan fingerprint density at radius 3 is 2.68 bits per heavy atom. The highest BCUT2D eigenvalue weighted by atomic mass is 32.2. The van der Waals surface area contributed by atoms with E-state index in [0.29, 0.717) is 10.4 Å². The normalized spacial score (nSPS) is 10.7. The second-order valence-corrected chi connectivity index (χ2v) is 5.03. The van der Waals surface area contributed by atoms with Gasteiger partial charge in [0.15, 0.2) is 0 Å². The molecule has 0 spiro atoms. The Morgan fingerprint density at radius 2 is 1.95 bits per heavy atom. The van der Waals surface area contributed by atoms with Crippen LogP contribution < -0.4 is 0 Å². The zero-order valence-corrected chi connectivity index (χ0v) is 10.6. The third-order valence-electron chi connectivity index (χ3n) is 2.69. The molecule has 94 valence electrons. The van der Waals surface area contributed by atoms with Gasteiger partial charge >= 0.3 is 5.97 Å². The first-order chi connectivity index (χ1) is 9.25. The predicted octanol–water partition coefficient (Wildman–Crippen LogP) is 3.41. The maximum atomic E-state index is 11.3. The number of hydrogen-bond acceptors (Lipinski definition) is 3. The van der Waals surface area contributed by atoms with Crippen molar-refractivity contribution in [2.75, 3.05) is 0 Å². The molecule has 4 nitrogen and oxygen atoms in total. The first-order valence-corrected chi connectivity index (χ1v) is 6.50. The summed E-state index contributed by atoms with van der Waals surface area (Å²) in [7, 11) is 0. The number of carboxylic acids is 1. The molecule has 3 aromatic rings. The Bertz CT molecular complexity index is 738. The number of carbonyl (C=O) groups is 1. The Balaban J connectivity index is 2.15. The van der Waals surface area contributed by atoms with Crippen LogP contribution in [0.4, 0.5) is 0 Å². The maximum Gasteiger partial charge on any atom is 0.353 e. The SMILES string of the molecule is O=C(O)c1[nH]c2cccnc2c1Sc1ccccc1. The molecule has 0 aliphatic carbocycles. The zero-order chi connectivity index (χ0) is 13.2. The fourth-order valence-corrected chi connectivity index (χ4v) is 2.88. The fraction of sp³-hybridized carbons (Fsp3) is 0. The van der Waals surface area contributed by atoms with E-state index in [1.54, 1.807) is 12.3 Å². The Hall–Kier alpha value is -2.27. The van der Waals surface area contributed by atoms with Gasteiger partial charge in [0.1, 0.15) is 11.2 Å². The second-order valence-electron chi connectivity index (χ2n) is 3.95. The molecule has 0 saturated carbocycles. The number of aromatic carboxylic acids is 1. The van der Waals surface area contributed by atoms with Crippen LogP contribution in [0, 0.1) is 0 Å². The molecule has 0 saturated heterocycles. The van der Waals surface area contributed by atoms with Crippen molar-refractivity contribution < 1.29 is 9.90 Å². The Labute approximate surface area is 113 Å². The molecule has 0 fully saturated rings. The summed E-state index contributed by atoms with van der Waals surface area (Å²) in [5.41, 5.74) is 1.61. The van der Waals surface area contributed by atoms with Crippen LogP contribution in [-0.4, -0.2) is 21.0 Å².